The second-order valence-electron chi connectivity index (χ2n) is 9.05. The Balaban J connectivity index is 1.67. The highest BCUT2D eigenvalue weighted by Crippen LogP contribution is 2.36. The van der Waals surface area contributed by atoms with E-state index in [-0.39, 0.29) is 23.9 Å². The Hall–Kier alpha value is -4.00. The van der Waals surface area contributed by atoms with Crippen molar-refractivity contribution in [1.82, 2.24) is 14.3 Å². The molecule has 5 aromatic rings. The van der Waals surface area contributed by atoms with Gasteiger partial charge in [0.15, 0.2) is 5.82 Å². The quantitative estimate of drug-likeness (QED) is 0.278. The zero-order valence-corrected chi connectivity index (χ0v) is 20.0. The topological polar surface area (TPSA) is 49.0 Å². The van der Waals surface area contributed by atoms with Crippen LogP contribution < -0.4 is 0 Å². The van der Waals surface area contributed by atoms with Gasteiger partial charge >= 0.3 is 6.09 Å². The fourth-order valence-electron chi connectivity index (χ4n) is 4.45. The molecule has 0 spiro atoms. The molecule has 0 radical (unpaired) electrons. The maximum atomic E-state index is 16.0. The van der Waals surface area contributed by atoms with Crippen LogP contribution in [0.2, 0.25) is 0 Å². The Morgan fingerprint density at radius 1 is 1.00 bits per heavy atom. The molecule has 0 aliphatic heterocycles. The fraction of sp³-hybridized carbons (Fsp3) is 0.214. The minimum atomic E-state index is -0.747. The van der Waals surface area contributed by atoms with Gasteiger partial charge in [-0.2, -0.15) is 9.78 Å². The molecule has 3 aromatic carbocycles. The SMILES string of the molecule is Cc1cc(-n2c(C(C)C)cc3c(F)c4c(cc32)c(C)nn4C(=O)OCc2ccccc2)ccc1F. The third-order valence-corrected chi connectivity index (χ3v) is 6.27. The molecule has 0 N–H and O–H groups in total. The van der Waals surface area contributed by atoms with Gasteiger partial charge in [0.25, 0.3) is 0 Å². The Morgan fingerprint density at radius 3 is 2.43 bits per heavy atom. The van der Waals surface area contributed by atoms with Gasteiger partial charge in [-0.1, -0.05) is 44.2 Å². The van der Waals surface area contributed by atoms with Crippen LogP contribution in [0.15, 0.2) is 60.7 Å². The molecule has 0 aliphatic carbocycles. The Bertz CT molecular complexity index is 1580. The lowest BCUT2D eigenvalue weighted by molar-refractivity contribution is 0.139. The number of carbonyl (C=O) groups is 1. The number of hydrogen-bond acceptors (Lipinski definition) is 3. The molecule has 0 aliphatic rings. The van der Waals surface area contributed by atoms with Crippen molar-refractivity contribution in [3.63, 3.8) is 0 Å². The summed E-state index contributed by atoms with van der Waals surface area (Å²) in [5.41, 5.74) is 4.17. The van der Waals surface area contributed by atoms with E-state index in [0.29, 0.717) is 27.5 Å². The molecule has 0 bridgehead atoms. The fourth-order valence-corrected chi connectivity index (χ4v) is 4.45. The van der Waals surface area contributed by atoms with Gasteiger partial charge in [0.2, 0.25) is 0 Å². The van der Waals surface area contributed by atoms with Gasteiger partial charge in [0, 0.05) is 22.2 Å². The molecule has 35 heavy (non-hydrogen) atoms. The number of fused-ring (bicyclic) bond motifs is 2. The molecule has 5 rings (SSSR count). The number of halogens is 2. The number of carbonyl (C=O) groups excluding carboxylic acids is 1. The zero-order chi connectivity index (χ0) is 24.9. The molecule has 5 nitrogen and oxygen atoms in total. The lowest BCUT2D eigenvalue weighted by Gasteiger charge is -2.14. The first-order valence-electron chi connectivity index (χ1n) is 11.5. The smallest absolute Gasteiger partial charge is 0.435 e. The van der Waals surface area contributed by atoms with Gasteiger partial charge < -0.3 is 9.30 Å². The van der Waals surface area contributed by atoms with E-state index in [9.17, 15) is 9.18 Å². The van der Waals surface area contributed by atoms with E-state index in [2.05, 4.69) is 5.10 Å². The van der Waals surface area contributed by atoms with Gasteiger partial charge in [0.05, 0.1) is 11.2 Å². The van der Waals surface area contributed by atoms with E-state index < -0.39 is 11.9 Å². The molecule has 2 heterocycles. The number of ether oxygens (including phenoxy) is 1. The first-order valence-corrected chi connectivity index (χ1v) is 11.5. The lowest BCUT2D eigenvalue weighted by atomic mass is 10.1. The number of nitrogens with zero attached hydrogens (tertiary/aromatic N) is 3. The van der Waals surface area contributed by atoms with E-state index in [1.165, 1.54) is 6.07 Å². The molecule has 0 fully saturated rings. The summed E-state index contributed by atoms with van der Waals surface area (Å²) in [7, 11) is 0. The van der Waals surface area contributed by atoms with Crippen molar-refractivity contribution in [2.45, 2.75) is 40.2 Å². The van der Waals surface area contributed by atoms with Crippen LogP contribution >= 0.6 is 0 Å². The number of rotatable bonds is 4. The number of hydrogen-bond donors (Lipinski definition) is 0. The van der Waals surface area contributed by atoms with E-state index >= 15 is 4.39 Å². The van der Waals surface area contributed by atoms with Crippen molar-refractivity contribution in [1.29, 1.82) is 0 Å². The standard InChI is InChI=1S/C28H25F2N3O2/c1-16(2)24-14-22-25(32(24)20-10-11-23(29)17(3)12-20)13-21-18(4)31-33(27(21)26(22)30)28(34)35-15-19-8-6-5-7-9-19/h5-14,16H,15H2,1-4H3. The van der Waals surface area contributed by atoms with Crippen molar-refractivity contribution in [2.24, 2.45) is 0 Å². The summed E-state index contributed by atoms with van der Waals surface area (Å²) in [6.45, 7) is 7.53. The van der Waals surface area contributed by atoms with Crippen LogP contribution in [0.3, 0.4) is 0 Å². The third kappa shape index (κ3) is 3.87. The van der Waals surface area contributed by atoms with Crippen LogP contribution in [0.1, 0.15) is 42.3 Å². The van der Waals surface area contributed by atoms with E-state index in [1.54, 1.807) is 32.0 Å². The summed E-state index contributed by atoms with van der Waals surface area (Å²) in [5, 5.41) is 5.17. The summed E-state index contributed by atoms with van der Waals surface area (Å²) in [5.74, 6) is -0.769. The molecule has 2 aromatic heterocycles. The average Bonchev–Trinajstić information content (AvgIpc) is 3.39. The minimum absolute atomic E-state index is 0.0573. The highest BCUT2D eigenvalue weighted by Gasteiger charge is 2.24. The maximum Gasteiger partial charge on any atom is 0.435 e. The van der Waals surface area contributed by atoms with Crippen molar-refractivity contribution in [2.75, 3.05) is 0 Å². The van der Waals surface area contributed by atoms with Gasteiger partial charge in [-0.05, 0) is 61.2 Å². The molecule has 0 amide bonds. The summed E-state index contributed by atoms with van der Waals surface area (Å²) >= 11 is 0. The van der Waals surface area contributed by atoms with Crippen LogP contribution in [-0.4, -0.2) is 20.4 Å². The molecule has 0 saturated heterocycles. The number of aryl methyl sites for hydroxylation is 2. The molecular formula is C28H25F2N3O2. The Kier molecular flexibility index (Phi) is 5.63. The number of aromatic nitrogens is 3. The summed E-state index contributed by atoms with van der Waals surface area (Å²) in [4.78, 5) is 12.9. The van der Waals surface area contributed by atoms with E-state index in [1.807, 2.05) is 54.8 Å². The molecular weight excluding hydrogens is 448 g/mol. The van der Waals surface area contributed by atoms with Crippen molar-refractivity contribution < 1.29 is 18.3 Å². The third-order valence-electron chi connectivity index (χ3n) is 6.27. The van der Waals surface area contributed by atoms with Gasteiger partial charge in [0.1, 0.15) is 17.9 Å². The molecule has 7 heteroatoms. The van der Waals surface area contributed by atoms with Crippen LogP contribution in [0.4, 0.5) is 13.6 Å². The maximum absolute atomic E-state index is 16.0. The summed E-state index contributed by atoms with van der Waals surface area (Å²) in [6.07, 6.45) is -0.747. The Labute approximate surface area is 201 Å². The van der Waals surface area contributed by atoms with Crippen LogP contribution in [0, 0.1) is 25.5 Å². The van der Waals surface area contributed by atoms with Gasteiger partial charge in [-0.3, -0.25) is 0 Å². The van der Waals surface area contributed by atoms with E-state index in [0.717, 1.165) is 21.6 Å². The molecule has 0 saturated carbocycles. The average molecular weight is 474 g/mol. The number of benzene rings is 3. The molecule has 0 unspecified atom stereocenters. The summed E-state index contributed by atoms with van der Waals surface area (Å²) < 4.78 is 38.4. The second kappa shape index (κ2) is 8.65. The van der Waals surface area contributed by atoms with Gasteiger partial charge in [-0.15, -0.1) is 0 Å². The normalized spacial score (nSPS) is 11.6. The zero-order valence-electron chi connectivity index (χ0n) is 20.0. The predicted octanol–water partition coefficient (Wildman–Crippen LogP) is 7.18. The second-order valence-corrected chi connectivity index (χ2v) is 9.05. The Morgan fingerprint density at radius 2 is 1.74 bits per heavy atom. The lowest BCUT2D eigenvalue weighted by Crippen LogP contribution is -2.15. The van der Waals surface area contributed by atoms with Gasteiger partial charge in [-0.25, -0.2) is 13.6 Å². The van der Waals surface area contributed by atoms with Crippen molar-refractivity contribution >= 4 is 27.9 Å². The summed E-state index contributed by atoms with van der Waals surface area (Å²) in [6, 6.07) is 17.8. The predicted molar refractivity (Wildman–Crippen MR) is 132 cm³/mol. The van der Waals surface area contributed by atoms with Crippen LogP contribution in [0.25, 0.3) is 27.5 Å². The first kappa shape index (κ1) is 22.8. The van der Waals surface area contributed by atoms with E-state index in [4.69, 9.17) is 4.74 Å². The minimum Gasteiger partial charge on any atom is -0.443 e. The highest BCUT2D eigenvalue weighted by atomic mass is 19.1. The monoisotopic (exact) mass is 473 g/mol. The molecule has 178 valence electrons. The van der Waals surface area contributed by atoms with Crippen molar-refractivity contribution in [3.05, 3.63) is 94.8 Å². The van der Waals surface area contributed by atoms with Crippen LogP contribution in [-0.2, 0) is 11.3 Å². The molecule has 0 atom stereocenters. The van der Waals surface area contributed by atoms with Crippen LogP contribution in [0.5, 0.6) is 0 Å². The largest absolute Gasteiger partial charge is 0.443 e. The van der Waals surface area contributed by atoms with Crippen molar-refractivity contribution in [3.8, 4) is 5.69 Å². The first-order chi connectivity index (χ1) is 16.8. The highest BCUT2D eigenvalue weighted by molar-refractivity contribution is 6.01.